The summed E-state index contributed by atoms with van der Waals surface area (Å²) in [6.07, 6.45) is -3.94. The van der Waals surface area contributed by atoms with Crippen LogP contribution in [0.15, 0.2) is 0 Å². The molecule has 0 aliphatic carbocycles. The van der Waals surface area contributed by atoms with E-state index < -0.39 is 74.0 Å². The van der Waals surface area contributed by atoms with Crippen molar-refractivity contribution in [1.29, 1.82) is 5.41 Å². The van der Waals surface area contributed by atoms with Gasteiger partial charge in [-0.3, -0.25) is 5.41 Å². The monoisotopic (exact) mass is 592 g/mol. The first-order valence-corrected chi connectivity index (χ1v) is 10.6. The predicted molar refractivity (Wildman–Crippen MR) is 106 cm³/mol. The van der Waals surface area contributed by atoms with Gasteiger partial charge in [-0.05, 0) is 0 Å². The predicted octanol–water partition coefficient (Wildman–Crippen LogP) is 4.23. The van der Waals surface area contributed by atoms with Gasteiger partial charge in [-0.15, -0.1) is 0 Å². The quantitative estimate of drug-likeness (QED) is 0.0846. The molecule has 0 rings (SSSR count). The highest BCUT2D eigenvalue weighted by Crippen LogP contribution is 2.60. The zero-order valence-corrected chi connectivity index (χ0v) is 19.9. The Balaban J connectivity index is 4.92. The van der Waals surface area contributed by atoms with E-state index in [2.05, 4.69) is 10.5 Å². The molecule has 19 heteroatoms. The molecular formula is C19H28F12N2O5. The van der Waals surface area contributed by atoms with Gasteiger partial charge in [0.05, 0.1) is 58.7 Å². The molecule has 228 valence electrons. The first-order chi connectivity index (χ1) is 17.2. The molecule has 0 radical (unpaired) electrons. The summed E-state index contributed by atoms with van der Waals surface area (Å²) in [6, 6.07) is 0. The average Bonchev–Trinajstić information content (AvgIpc) is 2.80. The maximum atomic E-state index is 13.8. The molecule has 0 unspecified atom stereocenters. The minimum absolute atomic E-state index is 0.0333. The van der Waals surface area contributed by atoms with Crippen LogP contribution in [0.2, 0.25) is 0 Å². The fourth-order valence-corrected chi connectivity index (χ4v) is 2.40. The fraction of sp³-hybridized carbons (Fsp3) is 0.947. The van der Waals surface area contributed by atoms with Crippen molar-refractivity contribution >= 4 is 5.84 Å². The molecule has 0 spiro atoms. The molecule has 38 heavy (non-hydrogen) atoms. The van der Waals surface area contributed by atoms with Crippen LogP contribution in [0, 0.1) is 5.41 Å². The summed E-state index contributed by atoms with van der Waals surface area (Å²) < 4.78 is 188. The fourth-order valence-electron chi connectivity index (χ4n) is 2.40. The van der Waals surface area contributed by atoms with E-state index in [0.29, 0.717) is 13.2 Å². The van der Waals surface area contributed by atoms with Crippen molar-refractivity contribution in [2.45, 2.75) is 48.4 Å². The van der Waals surface area contributed by atoms with Gasteiger partial charge in [0.25, 0.3) is 0 Å². The van der Waals surface area contributed by atoms with Gasteiger partial charge in [0.2, 0.25) is 0 Å². The Morgan fingerprint density at radius 2 is 0.895 bits per heavy atom. The largest absolute Gasteiger partial charge is 0.388 e. The van der Waals surface area contributed by atoms with Crippen LogP contribution < -0.4 is 5.73 Å². The molecule has 0 aromatic carbocycles. The highest BCUT2D eigenvalue weighted by Gasteiger charge is 2.89. The number of methoxy groups -OCH3 is 1. The summed E-state index contributed by atoms with van der Waals surface area (Å²) in [4.78, 5) is 0. The zero-order chi connectivity index (χ0) is 29.9. The van der Waals surface area contributed by atoms with Crippen LogP contribution in [0.1, 0.15) is 12.8 Å². The number of rotatable bonds is 22. The number of hydrogen-bond donors (Lipinski definition) is 2. The van der Waals surface area contributed by atoms with Crippen LogP contribution in [0.3, 0.4) is 0 Å². The third kappa shape index (κ3) is 8.99. The van der Waals surface area contributed by atoms with Crippen molar-refractivity contribution < 1.29 is 76.4 Å². The Morgan fingerprint density at radius 3 is 1.26 bits per heavy atom. The molecule has 0 fully saturated rings. The molecule has 0 amide bonds. The number of ether oxygens (including phenoxy) is 5. The second-order valence-electron chi connectivity index (χ2n) is 7.61. The Kier molecular flexibility index (Phi) is 14.1. The Hall–Kier alpha value is -1.57. The highest BCUT2D eigenvalue weighted by molar-refractivity contribution is 5.76. The molecule has 0 aromatic rings. The minimum Gasteiger partial charge on any atom is -0.388 e. The van der Waals surface area contributed by atoms with Gasteiger partial charge in [-0.25, -0.2) is 0 Å². The van der Waals surface area contributed by atoms with E-state index in [1.165, 1.54) is 7.11 Å². The van der Waals surface area contributed by atoms with Gasteiger partial charge < -0.3 is 29.4 Å². The van der Waals surface area contributed by atoms with Crippen LogP contribution in [-0.2, 0) is 23.7 Å². The third-order valence-corrected chi connectivity index (χ3v) is 4.64. The second-order valence-corrected chi connectivity index (χ2v) is 7.61. The van der Waals surface area contributed by atoms with E-state index in [0.717, 1.165) is 0 Å². The lowest BCUT2D eigenvalue weighted by molar-refractivity contribution is -0.427. The number of nitrogens with one attached hydrogen (secondary N) is 1. The van der Waals surface area contributed by atoms with Crippen molar-refractivity contribution in [3.05, 3.63) is 0 Å². The SMILES string of the molecule is COCCOCCOCCOCCOCC(F)(F)C(F)(F)C(F)(F)C(F)(F)C(F)(F)C(F)(F)CCC(=N)N. The molecule has 7 nitrogen and oxygen atoms in total. The smallest absolute Gasteiger partial charge is 0.384 e. The maximum absolute atomic E-state index is 13.8. The van der Waals surface area contributed by atoms with Crippen LogP contribution >= 0.6 is 0 Å². The Bertz CT molecular complexity index is 714. The molecule has 0 saturated heterocycles. The molecule has 3 N–H and O–H groups in total. The van der Waals surface area contributed by atoms with Crippen LogP contribution in [0.4, 0.5) is 52.7 Å². The first-order valence-electron chi connectivity index (χ1n) is 10.6. The van der Waals surface area contributed by atoms with Crippen LogP contribution in [0.25, 0.3) is 0 Å². The number of nitrogens with two attached hydrogens (primary N) is 1. The summed E-state index contributed by atoms with van der Waals surface area (Å²) >= 11 is 0. The molecule has 0 aliphatic rings. The van der Waals surface area contributed by atoms with Crippen molar-refractivity contribution in [2.24, 2.45) is 5.73 Å². The standard InChI is InChI=1S/C19H28F12N2O5/c1-34-4-5-35-6-7-36-8-9-37-10-11-38-12-15(22,23)17(26,27)19(30,31)18(28,29)16(24,25)14(20,21)3-2-13(32)33/h2-12H2,1H3,(H3,32,33). The highest BCUT2D eigenvalue weighted by atomic mass is 19.4. The number of hydrogen-bond acceptors (Lipinski definition) is 6. The van der Waals surface area contributed by atoms with E-state index in [1.807, 2.05) is 0 Å². The molecule has 0 bridgehead atoms. The van der Waals surface area contributed by atoms with Gasteiger partial charge in [-0.2, -0.15) is 52.7 Å². The van der Waals surface area contributed by atoms with E-state index in [1.54, 1.807) is 0 Å². The van der Waals surface area contributed by atoms with Gasteiger partial charge in [-0.1, -0.05) is 0 Å². The summed E-state index contributed by atoms with van der Waals surface area (Å²) in [7, 11) is 1.47. The molecular weight excluding hydrogens is 564 g/mol. The average molecular weight is 592 g/mol. The van der Waals surface area contributed by atoms with E-state index in [9.17, 15) is 52.7 Å². The van der Waals surface area contributed by atoms with Crippen LogP contribution in [0.5, 0.6) is 0 Å². The lowest BCUT2D eigenvalue weighted by atomic mass is 9.90. The molecule has 0 aromatic heterocycles. The summed E-state index contributed by atoms with van der Waals surface area (Å²) in [5, 5.41) is 6.62. The first kappa shape index (κ1) is 36.4. The summed E-state index contributed by atoms with van der Waals surface area (Å²) in [6.45, 7) is -3.37. The van der Waals surface area contributed by atoms with Gasteiger partial charge in [0, 0.05) is 20.0 Å². The van der Waals surface area contributed by atoms with E-state index >= 15 is 0 Å². The van der Waals surface area contributed by atoms with Gasteiger partial charge in [0.1, 0.15) is 6.61 Å². The normalized spacial score (nSPS) is 14.2. The minimum atomic E-state index is -7.68. The third-order valence-electron chi connectivity index (χ3n) is 4.64. The van der Waals surface area contributed by atoms with Crippen molar-refractivity contribution in [3.63, 3.8) is 0 Å². The van der Waals surface area contributed by atoms with Gasteiger partial charge >= 0.3 is 35.5 Å². The Morgan fingerprint density at radius 1 is 0.553 bits per heavy atom. The Labute approximate surface area is 209 Å². The van der Waals surface area contributed by atoms with Gasteiger partial charge in [0.15, 0.2) is 0 Å². The van der Waals surface area contributed by atoms with E-state index in [-0.39, 0.29) is 26.4 Å². The molecule has 0 heterocycles. The number of amidine groups is 1. The number of alkyl halides is 12. The zero-order valence-electron chi connectivity index (χ0n) is 19.9. The van der Waals surface area contributed by atoms with Crippen molar-refractivity contribution in [2.75, 3.05) is 66.6 Å². The lowest BCUT2D eigenvalue weighted by Crippen LogP contribution is -2.71. The summed E-state index contributed by atoms with van der Waals surface area (Å²) in [5.74, 6) is -43.5. The summed E-state index contributed by atoms with van der Waals surface area (Å²) in [5.41, 5.74) is 4.60. The molecule has 0 atom stereocenters. The number of halogens is 12. The van der Waals surface area contributed by atoms with E-state index in [4.69, 9.17) is 24.4 Å². The molecule has 0 aliphatic heterocycles. The maximum Gasteiger partial charge on any atom is 0.384 e. The lowest BCUT2D eigenvalue weighted by Gasteiger charge is -2.41. The van der Waals surface area contributed by atoms with Crippen LogP contribution in [-0.4, -0.2) is 108 Å². The topological polar surface area (TPSA) is 96.0 Å². The van der Waals surface area contributed by atoms with Crippen molar-refractivity contribution in [3.8, 4) is 0 Å². The van der Waals surface area contributed by atoms with Crippen molar-refractivity contribution in [1.82, 2.24) is 0 Å². The molecule has 0 saturated carbocycles. The second kappa shape index (κ2) is 14.7.